The fourth-order valence-corrected chi connectivity index (χ4v) is 8.22. The fraction of sp³-hybridized carbons (Fsp3) is 0.717. The van der Waals surface area contributed by atoms with Gasteiger partial charge in [0.05, 0.1) is 19.8 Å². The minimum absolute atomic E-state index is 0.145. The van der Waals surface area contributed by atoms with Crippen molar-refractivity contribution in [1.29, 1.82) is 0 Å². The molecule has 2 N–H and O–H groups in total. The summed E-state index contributed by atoms with van der Waals surface area (Å²) in [6.45, 7) is 4.40. The van der Waals surface area contributed by atoms with E-state index in [0.717, 1.165) is 148 Å². The lowest BCUT2D eigenvalue weighted by atomic mass is 10.1. The Morgan fingerprint density at radius 1 is 0.403 bits per heavy atom. The van der Waals surface area contributed by atoms with Crippen molar-refractivity contribution in [3.8, 4) is 0 Å². The summed E-state index contributed by atoms with van der Waals surface area (Å²) in [7, 11) is -4.76. The lowest BCUT2D eigenvalue weighted by Gasteiger charge is -2.21. The Bertz CT molecular complexity index is 1530. The predicted molar refractivity (Wildman–Crippen MR) is 298 cm³/mol. The molecule has 0 aliphatic heterocycles. The molecule has 11 nitrogen and oxygen atoms in total. The molecule has 0 aliphatic rings. The van der Waals surface area contributed by atoms with E-state index in [1.165, 1.54) is 32.1 Å². The van der Waals surface area contributed by atoms with Crippen LogP contribution in [0.2, 0.25) is 0 Å². The topological polar surface area (TPSA) is 155 Å². The summed E-state index contributed by atoms with van der Waals surface area (Å²) >= 11 is 0. The predicted octanol–water partition coefficient (Wildman–Crippen LogP) is 16.7. The molecular weight excluding hydrogens is 928 g/mol. The van der Waals surface area contributed by atoms with E-state index in [-0.39, 0.29) is 25.9 Å². The molecule has 0 bridgehead atoms. The summed E-state index contributed by atoms with van der Waals surface area (Å²) in [5.41, 5.74) is 0. The normalized spacial score (nSPS) is 14.0. The molecule has 0 saturated carbocycles. The van der Waals surface area contributed by atoms with Crippen molar-refractivity contribution < 1.29 is 52.2 Å². The highest BCUT2D eigenvalue weighted by Gasteiger charge is 2.28. The number of phosphoric ester groups is 1. The number of aliphatic hydroxyl groups excluding tert-OH is 1. The molecular formula is C60H103O11P. The molecule has 0 aromatic carbocycles. The minimum Gasteiger partial charge on any atom is -0.462 e. The summed E-state index contributed by atoms with van der Waals surface area (Å²) in [5.74, 6) is -1.51. The molecule has 0 amide bonds. The first-order chi connectivity index (χ1) is 35.2. The number of hydrogen-bond donors (Lipinski definition) is 2. The Kier molecular flexibility index (Phi) is 51.4. The number of allylic oxidation sites excluding steroid dienone is 14. The van der Waals surface area contributed by atoms with Crippen molar-refractivity contribution in [2.24, 2.45) is 0 Å². The third-order valence-electron chi connectivity index (χ3n) is 11.8. The van der Waals surface area contributed by atoms with E-state index in [4.69, 9.17) is 23.3 Å². The van der Waals surface area contributed by atoms with Crippen LogP contribution in [0.3, 0.4) is 0 Å². The van der Waals surface area contributed by atoms with Crippen molar-refractivity contribution in [2.45, 2.75) is 251 Å². The van der Waals surface area contributed by atoms with Crippen molar-refractivity contribution in [2.75, 3.05) is 26.4 Å². The lowest BCUT2D eigenvalue weighted by molar-refractivity contribution is -0.161. The lowest BCUT2D eigenvalue weighted by Crippen LogP contribution is -2.30. The SMILES string of the molecule is CC/C=C\C/C=C\C/C=C\CCCCCCCCCC(=O)OCC(COP(=O)(O)OCC(CO)OC(=O)CCCCCCC/C=C\C/C=C\CCC)OC(=O)CCCCCCC/C=C\C/C=C\CCCCC. The largest absolute Gasteiger partial charge is 0.472 e. The number of unbranched alkanes of at least 4 members (excludes halogenated alkanes) is 21. The minimum atomic E-state index is -4.76. The first kappa shape index (κ1) is 68.7. The zero-order valence-electron chi connectivity index (χ0n) is 45.6. The highest BCUT2D eigenvalue weighted by molar-refractivity contribution is 7.47. The quantitative estimate of drug-likeness (QED) is 0.0197. The Balaban J connectivity index is 4.77. The van der Waals surface area contributed by atoms with E-state index < -0.39 is 57.8 Å². The molecule has 3 unspecified atom stereocenters. The fourth-order valence-electron chi connectivity index (χ4n) is 7.44. The summed E-state index contributed by atoms with van der Waals surface area (Å²) in [6.07, 6.45) is 61.1. The second-order valence-electron chi connectivity index (χ2n) is 18.7. The van der Waals surface area contributed by atoms with Gasteiger partial charge in [-0.05, 0) is 109 Å². The van der Waals surface area contributed by atoms with E-state index in [2.05, 4.69) is 106 Å². The standard InChI is InChI=1S/C60H103O11P/c1-4-7-10-13-16-19-22-25-27-28-30-32-34-37-40-43-46-49-58(62)67-53-57(71-60(64)51-48-45-42-39-36-33-29-26-23-20-17-14-11-8-5-2)55-69-72(65,66)68-54-56(52-61)70-59(63)50-47-44-41-38-35-31-24-21-18-15-12-9-6-3/h7,10,12,15-17,19-21,24-27,29,56-57,61H,4-6,8-9,11,13-14,18,22-23,28,30-55H2,1-3H3,(H,65,66)/b10-7-,15-12-,19-16-,20-17-,24-21-,27-25-,29-26-. The first-order valence-electron chi connectivity index (χ1n) is 28.5. The van der Waals surface area contributed by atoms with Gasteiger partial charge in [0.1, 0.15) is 12.7 Å². The van der Waals surface area contributed by atoms with Crippen LogP contribution in [0.1, 0.15) is 239 Å². The van der Waals surface area contributed by atoms with Gasteiger partial charge in [0.15, 0.2) is 6.10 Å². The van der Waals surface area contributed by atoms with Crippen LogP contribution in [-0.4, -0.2) is 66.5 Å². The maximum Gasteiger partial charge on any atom is 0.472 e. The van der Waals surface area contributed by atoms with Crippen molar-refractivity contribution in [1.82, 2.24) is 0 Å². The summed E-state index contributed by atoms with van der Waals surface area (Å²) in [5, 5.41) is 9.80. The Hall–Kier alpha value is -3.34. The van der Waals surface area contributed by atoms with Crippen LogP contribution in [0.4, 0.5) is 0 Å². The van der Waals surface area contributed by atoms with E-state index in [9.17, 15) is 28.9 Å². The zero-order chi connectivity index (χ0) is 52.7. The molecule has 414 valence electrons. The molecule has 0 aliphatic carbocycles. The molecule has 0 aromatic heterocycles. The second-order valence-corrected chi connectivity index (χ2v) is 20.2. The van der Waals surface area contributed by atoms with E-state index in [1.54, 1.807) is 0 Å². The van der Waals surface area contributed by atoms with Crippen LogP contribution >= 0.6 is 7.82 Å². The molecule has 72 heavy (non-hydrogen) atoms. The zero-order valence-corrected chi connectivity index (χ0v) is 46.5. The molecule has 0 saturated heterocycles. The van der Waals surface area contributed by atoms with Gasteiger partial charge >= 0.3 is 25.7 Å². The molecule has 0 aromatic rings. The highest BCUT2D eigenvalue weighted by Crippen LogP contribution is 2.43. The molecule has 0 spiro atoms. The van der Waals surface area contributed by atoms with Crippen LogP contribution in [0.25, 0.3) is 0 Å². The van der Waals surface area contributed by atoms with Crippen molar-refractivity contribution in [3.05, 3.63) is 85.1 Å². The van der Waals surface area contributed by atoms with Gasteiger partial charge in [-0.3, -0.25) is 23.4 Å². The number of esters is 3. The van der Waals surface area contributed by atoms with Gasteiger partial charge in [0, 0.05) is 19.3 Å². The highest BCUT2D eigenvalue weighted by atomic mass is 31.2. The van der Waals surface area contributed by atoms with Gasteiger partial charge in [-0.2, -0.15) is 0 Å². The average molecular weight is 1030 g/mol. The number of carbonyl (C=O) groups excluding carboxylic acids is 3. The average Bonchev–Trinajstić information content (AvgIpc) is 3.37. The van der Waals surface area contributed by atoms with Crippen LogP contribution in [0, 0.1) is 0 Å². The molecule has 3 atom stereocenters. The van der Waals surface area contributed by atoms with Crippen molar-refractivity contribution in [3.63, 3.8) is 0 Å². The molecule has 0 rings (SSSR count). The van der Waals surface area contributed by atoms with Gasteiger partial charge in [-0.25, -0.2) is 4.57 Å². The summed E-state index contributed by atoms with van der Waals surface area (Å²) < 4.78 is 39.5. The Morgan fingerprint density at radius 3 is 1.17 bits per heavy atom. The van der Waals surface area contributed by atoms with Crippen LogP contribution < -0.4 is 0 Å². The number of rotatable bonds is 52. The third kappa shape index (κ3) is 51.6. The first-order valence-corrected chi connectivity index (χ1v) is 30.0. The van der Waals surface area contributed by atoms with Crippen LogP contribution in [0.5, 0.6) is 0 Å². The Labute approximate surface area is 439 Å². The van der Waals surface area contributed by atoms with E-state index in [0.29, 0.717) is 19.3 Å². The Morgan fingerprint density at radius 2 is 0.750 bits per heavy atom. The molecule has 0 fully saturated rings. The van der Waals surface area contributed by atoms with Crippen LogP contribution in [-0.2, 0) is 42.2 Å². The maximum atomic E-state index is 12.9. The molecule has 0 heterocycles. The van der Waals surface area contributed by atoms with E-state index >= 15 is 0 Å². The number of carbonyl (C=O) groups is 3. The van der Waals surface area contributed by atoms with Gasteiger partial charge in [0.25, 0.3) is 0 Å². The molecule has 12 heteroatoms. The summed E-state index contributed by atoms with van der Waals surface area (Å²) in [4.78, 5) is 48.5. The number of aliphatic hydroxyl groups is 1. The van der Waals surface area contributed by atoms with Gasteiger partial charge in [-0.1, -0.05) is 196 Å². The maximum absolute atomic E-state index is 12.9. The monoisotopic (exact) mass is 1030 g/mol. The number of phosphoric acid groups is 1. The van der Waals surface area contributed by atoms with Gasteiger partial charge < -0.3 is 24.2 Å². The third-order valence-corrected chi connectivity index (χ3v) is 12.7. The second kappa shape index (κ2) is 53.9. The van der Waals surface area contributed by atoms with Crippen molar-refractivity contribution >= 4 is 25.7 Å². The van der Waals surface area contributed by atoms with Gasteiger partial charge in [-0.15, -0.1) is 0 Å². The summed E-state index contributed by atoms with van der Waals surface area (Å²) in [6, 6.07) is 0. The smallest absolute Gasteiger partial charge is 0.462 e. The molecule has 0 radical (unpaired) electrons. The van der Waals surface area contributed by atoms with Crippen LogP contribution in [0.15, 0.2) is 85.1 Å². The van der Waals surface area contributed by atoms with Gasteiger partial charge in [0.2, 0.25) is 0 Å². The number of hydrogen-bond acceptors (Lipinski definition) is 10. The number of ether oxygens (including phenoxy) is 3. The van der Waals surface area contributed by atoms with E-state index in [1.807, 2.05) is 0 Å².